The van der Waals surface area contributed by atoms with Gasteiger partial charge in [0.1, 0.15) is 0 Å². The molecule has 0 saturated carbocycles. The highest BCUT2D eigenvalue weighted by Crippen LogP contribution is 2.62. The van der Waals surface area contributed by atoms with Crippen molar-refractivity contribution in [2.75, 3.05) is 0 Å². The Kier molecular flexibility index (Phi) is 5.87. The summed E-state index contributed by atoms with van der Waals surface area (Å²) in [6.45, 7) is 0. The van der Waals surface area contributed by atoms with Gasteiger partial charge in [0.2, 0.25) is 0 Å². The van der Waals surface area contributed by atoms with Crippen molar-refractivity contribution >= 4 is 11.1 Å². The molecule has 1 aliphatic carbocycles. The van der Waals surface area contributed by atoms with Crippen LogP contribution in [0.5, 0.6) is 0 Å². The molecule has 6 rings (SSSR count). The SMILES string of the molecule is c1ccc(C2=C(c3ccccc3)[C@H](c3ccccc3)C(c3ccccc3)[C@H]2c2ccccc2)cc1. The normalized spacial score (nSPS) is 18.1. The van der Waals surface area contributed by atoms with Gasteiger partial charge in [-0.3, -0.25) is 0 Å². The topological polar surface area (TPSA) is 0 Å². The molecule has 168 valence electrons. The minimum Gasteiger partial charge on any atom is -0.0622 e. The minimum absolute atomic E-state index is 0.237. The number of hydrogen-bond acceptors (Lipinski definition) is 0. The Balaban J connectivity index is 1.72. The Morgan fingerprint density at radius 2 is 0.571 bits per heavy atom. The first-order valence-electron chi connectivity index (χ1n) is 12.4. The fraction of sp³-hybridized carbons (Fsp3) is 0.0857. The van der Waals surface area contributed by atoms with Gasteiger partial charge in [-0.15, -0.1) is 0 Å². The van der Waals surface area contributed by atoms with Gasteiger partial charge in [-0.1, -0.05) is 152 Å². The third-order valence-electron chi connectivity index (χ3n) is 7.30. The predicted molar refractivity (Wildman–Crippen MR) is 147 cm³/mol. The van der Waals surface area contributed by atoms with Gasteiger partial charge in [-0.2, -0.15) is 0 Å². The summed E-state index contributed by atoms with van der Waals surface area (Å²) in [5, 5.41) is 0. The summed E-state index contributed by atoms with van der Waals surface area (Å²) < 4.78 is 0. The summed E-state index contributed by atoms with van der Waals surface area (Å²) in [7, 11) is 0. The van der Waals surface area contributed by atoms with Crippen LogP contribution in [-0.2, 0) is 0 Å². The lowest BCUT2D eigenvalue weighted by Crippen LogP contribution is -2.14. The lowest BCUT2D eigenvalue weighted by atomic mass is 9.73. The van der Waals surface area contributed by atoms with Crippen molar-refractivity contribution in [2.24, 2.45) is 0 Å². The standard InChI is InChI=1S/C35H28/c1-6-16-26(17-7-1)31-32(27-18-8-2-9-19-27)34(29-22-12-4-13-23-29)35(30-24-14-5-15-25-30)33(31)28-20-10-3-11-21-28/h1-25,31-33H/t32-,33-/m1/s1. The number of benzene rings is 5. The van der Waals surface area contributed by atoms with E-state index in [-0.39, 0.29) is 17.8 Å². The van der Waals surface area contributed by atoms with Crippen molar-refractivity contribution < 1.29 is 0 Å². The first-order chi connectivity index (χ1) is 17.4. The predicted octanol–water partition coefficient (Wildman–Crippen LogP) is 8.96. The minimum atomic E-state index is 0.237. The maximum atomic E-state index is 2.31. The molecule has 5 aromatic rings. The van der Waals surface area contributed by atoms with Crippen LogP contribution in [0.25, 0.3) is 11.1 Å². The van der Waals surface area contributed by atoms with E-state index in [0.717, 1.165) is 0 Å². The number of allylic oxidation sites excluding steroid dienone is 2. The second-order valence-electron chi connectivity index (χ2n) is 9.27. The Labute approximate surface area is 208 Å². The van der Waals surface area contributed by atoms with Crippen molar-refractivity contribution in [3.05, 3.63) is 179 Å². The Hall–Kier alpha value is -4.16. The van der Waals surface area contributed by atoms with E-state index in [2.05, 4.69) is 152 Å². The summed E-state index contributed by atoms with van der Waals surface area (Å²) in [4.78, 5) is 0. The van der Waals surface area contributed by atoms with E-state index in [1.54, 1.807) is 0 Å². The molecule has 0 nitrogen and oxygen atoms in total. The molecule has 2 atom stereocenters. The average molecular weight is 449 g/mol. The van der Waals surface area contributed by atoms with E-state index in [4.69, 9.17) is 0 Å². The summed E-state index contributed by atoms with van der Waals surface area (Å²) in [5.41, 5.74) is 9.60. The molecule has 0 spiro atoms. The van der Waals surface area contributed by atoms with Gasteiger partial charge < -0.3 is 0 Å². The third kappa shape index (κ3) is 4.02. The maximum Gasteiger partial charge on any atom is 0.0176 e. The van der Waals surface area contributed by atoms with Crippen LogP contribution in [-0.4, -0.2) is 0 Å². The summed E-state index contributed by atoms with van der Waals surface area (Å²) in [6, 6.07) is 55.3. The molecule has 35 heavy (non-hydrogen) atoms. The second kappa shape index (κ2) is 9.60. The van der Waals surface area contributed by atoms with Crippen molar-refractivity contribution in [3.63, 3.8) is 0 Å². The smallest absolute Gasteiger partial charge is 0.0176 e. The van der Waals surface area contributed by atoms with E-state index in [1.807, 2.05) is 0 Å². The van der Waals surface area contributed by atoms with Gasteiger partial charge in [-0.05, 0) is 39.0 Å². The van der Waals surface area contributed by atoms with Crippen molar-refractivity contribution in [1.29, 1.82) is 0 Å². The molecule has 0 aliphatic heterocycles. The lowest BCUT2D eigenvalue weighted by molar-refractivity contribution is 0.612. The van der Waals surface area contributed by atoms with Crippen LogP contribution >= 0.6 is 0 Å². The zero-order valence-electron chi connectivity index (χ0n) is 19.7. The number of rotatable bonds is 5. The Morgan fingerprint density at radius 1 is 0.286 bits per heavy atom. The van der Waals surface area contributed by atoms with E-state index in [0.29, 0.717) is 0 Å². The molecule has 0 radical (unpaired) electrons. The van der Waals surface area contributed by atoms with E-state index in [1.165, 1.54) is 39.0 Å². The van der Waals surface area contributed by atoms with Crippen LogP contribution in [0, 0.1) is 0 Å². The highest BCUT2D eigenvalue weighted by atomic mass is 14.5. The lowest BCUT2D eigenvalue weighted by Gasteiger charge is -2.29. The Bertz CT molecular complexity index is 1310. The van der Waals surface area contributed by atoms with E-state index >= 15 is 0 Å². The highest BCUT2D eigenvalue weighted by molar-refractivity contribution is 6.00. The van der Waals surface area contributed by atoms with Gasteiger partial charge >= 0.3 is 0 Å². The Morgan fingerprint density at radius 3 is 0.914 bits per heavy atom. The zero-order valence-corrected chi connectivity index (χ0v) is 19.7. The highest BCUT2D eigenvalue weighted by Gasteiger charge is 2.45. The van der Waals surface area contributed by atoms with Crippen LogP contribution in [0.2, 0.25) is 0 Å². The van der Waals surface area contributed by atoms with Gasteiger partial charge in [-0.25, -0.2) is 0 Å². The monoisotopic (exact) mass is 448 g/mol. The maximum absolute atomic E-state index is 2.31. The molecule has 5 aromatic carbocycles. The largest absolute Gasteiger partial charge is 0.0622 e. The van der Waals surface area contributed by atoms with Crippen molar-refractivity contribution in [3.8, 4) is 0 Å². The van der Waals surface area contributed by atoms with Gasteiger partial charge in [0.05, 0.1) is 0 Å². The molecule has 0 bridgehead atoms. The molecule has 0 aromatic heterocycles. The van der Waals surface area contributed by atoms with Crippen LogP contribution < -0.4 is 0 Å². The van der Waals surface area contributed by atoms with Gasteiger partial charge in [0, 0.05) is 17.8 Å². The van der Waals surface area contributed by atoms with E-state index < -0.39 is 0 Å². The fourth-order valence-electron chi connectivity index (χ4n) is 5.92. The van der Waals surface area contributed by atoms with Crippen molar-refractivity contribution in [1.82, 2.24) is 0 Å². The summed E-state index contributed by atoms with van der Waals surface area (Å²) in [6.07, 6.45) is 0. The average Bonchev–Trinajstić information content (AvgIpc) is 3.32. The van der Waals surface area contributed by atoms with Crippen LogP contribution in [0.3, 0.4) is 0 Å². The molecule has 0 saturated heterocycles. The number of hydrogen-bond donors (Lipinski definition) is 0. The van der Waals surface area contributed by atoms with Crippen LogP contribution in [0.4, 0.5) is 0 Å². The zero-order chi connectivity index (χ0) is 23.5. The molecule has 1 aliphatic rings. The summed E-state index contributed by atoms with van der Waals surface area (Å²) in [5.74, 6) is 0.759. The third-order valence-corrected chi connectivity index (χ3v) is 7.30. The first kappa shape index (κ1) is 21.4. The fourth-order valence-corrected chi connectivity index (χ4v) is 5.92. The van der Waals surface area contributed by atoms with E-state index in [9.17, 15) is 0 Å². The molecule has 0 unspecified atom stereocenters. The molecular formula is C35H28. The molecule has 0 N–H and O–H groups in total. The second-order valence-corrected chi connectivity index (χ2v) is 9.27. The first-order valence-corrected chi connectivity index (χ1v) is 12.4. The molecule has 0 heteroatoms. The quantitative estimate of drug-likeness (QED) is 0.252. The molecule has 0 amide bonds. The van der Waals surface area contributed by atoms with Gasteiger partial charge in [0.25, 0.3) is 0 Å². The molecular weight excluding hydrogens is 420 g/mol. The molecule has 0 heterocycles. The van der Waals surface area contributed by atoms with Crippen LogP contribution in [0.1, 0.15) is 45.6 Å². The van der Waals surface area contributed by atoms with Gasteiger partial charge in [0.15, 0.2) is 0 Å². The molecule has 0 fully saturated rings. The van der Waals surface area contributed by atoms with Crippen molar-refractivity contribution in [2.45, 2.75) is 17.8 Å². The van der Waals surface area contributed by atoms with Crippen LogP contribution in [0.15, 0.2) is 152 Å². The summed E-state index contributed by atoms with van der Waals surface area (Å²) >= 11 is 0.